The minimum Gasteiger partial charge on any atom is -0.492 e. The molecule has 0 unspecified atom stereocenters. The molecule has 7 heteroatoms. The predicted molar refractivity (Wildman–Crippen MR) is 98.6 cm³/mol. The molecule has 1 saturated heterocycles. The third kappa shape index (κ3) is 3.43. The highest BCUT2D eigenvalue weighted by Crippen LogP contribution is 2.35. The van der Waals surface area contributed by atoms with Crippen LogP contribution in [-0.2, 0) is 9.59 Å². The van der Waals surface area contributed by atoms with Gasteiger partial charge in [0, 0.05) is 0 Å². The average molecular weight is 379 g/mol. The summed E-state index contributed by atoms with van der Waals surface area (Å²) < 4.78 is 5.53. The second kappa shape index (κ2) is 7.33. The summed E-state index contributed by atoms with van der Waals surface area (Å²) in [5.74, 6) is -0.158. The van der Waals surface area contributed by atoms with Crippen LogP contribution in [0.5, 0.6) is 5.75 Å². The number of anilines is 2. The molecule has 5 nitrogen and oxygen atoms in total. The first-order valence-corrected chi connectivity index (χ1v) is 8.57. The Morgan fingerprint density at radius 3 is 2.68 bits per heavy atom. The van der Waals surface area contributed by atoms with Crippen molar-refractivity contribution in [1.29, 1.82) is 0 Å². The van der Waals surface area contributed by atoms with Crippen LogP contribution in [0.15, 0.2) is 42.5 Å². The Kier molecular flexibility index (Phi) is 5.16. The number of carbonyl (C=O) groups excluding carboxylic acids is 2. The number of benzene rings is 2. The van der Waals surface area contributed by atoms with Gasteiger partial charge in [-0.3, -0.25) is 9.59 Å². The maximum absolute atomic E-state index is 12.8. The van der Waals surface area contributed by atoms with Crippen LogP contribution in [-0.4, -0.2) is 24.5 Å². The Balaban J connectivity index is 1.87. The largest absolute Gasteiger partial charge is 0.492 e. The van der Waals surface area contributed by atoms with Crippen LogP contribution in [0.3, 0.4) is 0 Å². The highest BCUT2D eigenvalue weighted by molar-refractivity contribution is 6.43. The average Bonchev–Trinajstić information content (AvgIpc) is 2.87. The summed E-state index contributed by atoms with van der Waals surface area (Å²) in [5, 5.41) is 3.71. The van der Waals surface area contributed by atoms with Gasteiger partial charge in [0.15, 0.2) is 0 Å². The summed E-state index contributed by atoms with van der Waals surface area (Å²) in [4.78, 5) is 26.4. The van der Waals surface area contributed by atoms with Crippen LogP contribution in [0, 0.1) is 0 Å². The summed E-state index contributed by atoms with van der Waals surface area (Å²) >= 11 is 12.1. The molecule has 1 N–H and O–H groups in total. The van der Waals surface area contributed by atoms with Gasteiger partial charge in [0.25, 0.3) is 5.91 Å². The van der Waals surface area contributed by atoms with Gasteiger partial charge in [-0.05, 0) is 31.2 Å². The maximum atomic E-state index is 12.8. The van der Waals surface area contributed by atoms with Gasteiger partial charge in [-0.15, -0.1) is 0 Å². The van der Waals surface area contributed by atoms with Crippen molar-refractivity contribution in [2.45, 2.75) is 19.4 Å². The molecule has 2 amide bonds. The number of hydrogen-bond acceptors (Lipinski definition) is 4. The first kappa shape index (κ1) is 17.6. The Labute approximate surface area is 155 Å². The maximum Gasteiger partial charge on any atom is 0.256 e. The van der Waals surface area contributed by atoms with E-state index in [9.17, 15) is 9.59 Å². The zero-order valence-electron chi connectivity index (χ0n) is 13.5. The van der Waals surface area contributed by atoms with E-state index in [0.29, 0.717) is 33.8 Å². The molecule has 1 aliphatic heterocycles. The molecule has 0 aliphatic carbocycles. The Hall–Kier alpha value is -2.24. The van der Waals surface area contributed by atoms with Crippen molar-refractivity contribution >= 4 is 46.4 Å². The summed E-state index contributed by atoms with van der Waals surface area (Å²) in [6.45, 7) is 2.28. The van der Waals surface area contributed by atoms with Crippen LogP contribution in [0.2, 0.25) is 10.0 Å². The number of nitrogens with one attached hydrogen (secondary N) is 1. The zero-order valence-corrected chi connectivity index (χ0v) is 15.0. The monoisotopic (exact) mass is 378 g/mol. The smallest absolute Gasteiger partial charge is 0.256 e. The highest BCUT2D eigenvalue weighted by atomic mass is 35.5. The number of halogens is 2. The van der Waals surface area contributed by atoms with E-state index in [2.05, 4.69) is 5.32 Å². The van der Waals surface area contributed by atoms with Crippen LogP contribution >= 0.6 is 23.2 Å². The number of amides is 2. The van der Waals surface area contributed by atoms with E-state index < -0.39 is 6.04 Å². The van der Waals surface area contributed by atoms with E-state index in [4.69, 9.17) is 27.9 Å². The molecular weight excluding hydrogens is 363 g/mol. The summed E-state index contributed by atoms with van der Waals surface area (Å²) in [6, 6.07) is 11.3. The second-order valence-electron chi connectivity index (χ2n) is 5.47. The number of carbonyl (C=O) groups is 2. The quantitative estimate of drug-likeness (QED) is 0.794. The van der Waals surface area contributed by atoms with Crippen LogP contribution < -0.4 is 15.0 Å². The molecule has 0 aromatic heterocycles. The summed E-state index contributed by atoms with van der Waals surface area (Å²) in [6.07, 6.45) is 0.0299. The van der Waals surface area contributed by atoms with Crippen molar-refractivity contribution in [1.82, 2.24) is 0 Å². The van der Waals surface area contributed by atoms with Gasteiger partial charge in [0.2, 0.25) is 5.91 Å². The molecule has 3 rings (SSSR count). The number of nitrogens with zero attached hydrogens (tertiary/aromatic N) is 1. The third-order valence-corrected chi connectivity index (χ3v) is 4.65. The fourth-order valence-electron chi connectivity index (χ4n) is 2.72. The molecule has 2 aromatic rings. The van der Waals surface area contributed by atoms with Crippen molar-refractivity contribution in [3.8, 4) is 5.75 Å². The summed E-state index contributed by atoms with van der Waals surface area (Å²) in [7, 11) is 0. The van der Waals surface area contributed by atoms with Gasteiger partial charge < -0.3 is 10.1 Å². The number of imide groups is 1. The van der Waals surface area contributed by atoms with Crippen molar-refractivity contribution in [2.75, 3.05) is 16.8 Å². The molecular formula is C18H16Cl2N2O3. The molecule has 25 heavy (non-hydrogen) atoms. The normalized spacial score (nSPS) is 17.1. The Bertz CT molecular complexity index is 826. The minimum absolute atomic E-state index is 0.0299. The lowest BCUT2D eigenvalue weighted by Crippen LogP contribution is -2.35. The molecule has 2 aromatic carbocycles. The van der Waals surface area contributed by atoms with E-state index in [1.165, 1.54) is 0 Å². The lowest BCUT2D eigenvalue weighted by atomic mass is 10.2. The van der Waals surface area contributed by atoms with E-state index in [-0.39, 0.29) is 18.2 Å². The van der Waals surface area contributed by atoms with Crippen molar-refractivity contribution in [3.63, 3.8) is 0 Å². The van der Waals surface area contributed by atoms with E-state index in [0.717, 1.165) is 4.90 Å². The van der Waals surface area contributed by atoms with Crippen molar-refractivity contribution in [2.24, 2.45) is 0 Å². The molecule has 1 aliphatic rings. The highest BCUT2D eigenvalue weighted by Gasteiger charge is 2.41. The molecule has 0 saturated carbocycles. The molecule has 1 atom stereocenters. The Morgan fingerprint density at radius 1 is 1.16 bits per heavy atom. The number of para-hydroxylation sites is 2. The van der Waals surface area contributed by atoms with E-state index >= 15 is 0 Å². The first-order chi connectivity index (χ1) is 12.0. The van der Waals surface area contributed by atoms with Gasteiger partial charge in [0.05, 0.1) is 34.4 Å². The molecule has 1 fully saturated rings. The topological polar surface area (TPSA) is 58.6 Å². The van der Waals surface area contributed by atoms with Gasteiger partial charge in [-0.25, -0.2) is 4.90 Å². The molecule has 0 spiro atoms. The number of ether oxygens (including phenoxy) is 1. The SMILES string of the molecule is CCOc1ccccc1N1C(=O)C[C@H](Nc2cccc(Cl)c2Cl)C1=O. The lowest BCUT2D eigenvalue weighted by Gasteiger charge is -2.19. The van der Waals surface area contributed by atoms with Crippen LogP contribution in [0.1, 0.15) is 13.3 Å². The zero-order chi connectivity index (χ0) is 18.0. The number of rotatable bonds is 5. The van der Waals surface area contributed by atoms with E-state index in [1.807, 2.05) is 6.92 Å². The van der Waals surface area contributed by atoms with Crippen LogP contribution in [0.4, 0.5) is 11.4 Å². The minimum atomic E-state index is -0.710. The molecule has 0 radical (unpaired) electrons. The summed E-state index contributed by atoms with van der Waals surface area (Å²) in [5.41, 5.74) is 0.959. The molecule has 130 valence electrons. The fraction of sp³-hybridized carbons (Fsp3) is 0.222. The van der Waals surface area contributed by atoms with Crippen molar-refractivity contribution in [3.05, 3.63) is 52.5 Å². The lowest BCUT2D eigenvalue weighted by molar-refractivity contribution is -0.121. The standard InChI is InChI=1S/C18H16Cl2N2O3/c1-2-25-15-9-4-3-8-14(15)22-16(23)10-13(18(22)24)21-12-7-5-6-11(19)17(12)20/h3-9,13,21H,2,10H2,1H3/t13-/m0/s1. The van der Waals surface area contributed by atoms with E-state index in [1.54, 1.807) is 42.5 Å². The predicted octanol–water partition coefficient (Wildman–Crippen LogP) is 4.14. The van der Waals surface area contributed by atoms with Crippen molar-refractivity contribution < 1.29 is 14.3 Å². The third-order valence-electron chi connectivity index (χ3n) is 3.83. The van der Waals surface area contributed by atoms with Gasteiger partial charge in [0.1, 0.15) is 11.8 Å². The van der Waals surface area contributed by atoms with Gasteiger partial charge in [-0.2, -0.15) is 0 Å². The molecule has 1 heterocycles. The van der Waals surface area contributed by atoms with Crippen LogP contribution in [0.25, 0.3) is 0 Å². The molecule has 0 bridgehead atoms. The number of hydrogen-bond donors (Lipinski definition) is 1. The Morgan fingerprint density at radius 2 is 1.92 bits per heavy atom. The first-order valence-electron chi connectivity index (χ1n) is 7.82. The van der Waals surface area contributed by atoms with Gasteiger partial charge >= 0.3 is 0 Å². The second-order valence-corrected chi connectivity index (χ2v) is 6.26. The van der Waals surface area contributed by atoms with Gasteiger partial charge in [-0.1, -0.05) is 41.4 Å². The fourth-order valence-corrected chi connectivity index (χ4v) is 3.08.